The van der Waals surface area contributed by atoms with E-state index >= 15 is 0 Å². The van der Waals surface area contributed by atoms with Crippen molar-refractivity contribution in [3.05, 3.63) is 93.8 Å². The molecule has 1 aliphatic rings. The number of amides is 2. The highest BCUT2D eigenvalue weighted by Crippen LogP contribution is 2.32. The molecule has 168 valence electrons. The molecule has 1 unspecified atom stereocenters. The van der Waals surface area contributed by atoms with E-state index in [0.717, 1.165) is 28.1 Å². The lowest BCUT2D eigenvalue weighted by atomic mass is 10.1. The molecule has 1 saturated heterocycles. The van der Waals surface area contributed by atoms with Crippen LogP contribution in [-0.4, -0.2) is 39.2 Å². The van der Waals surface area contributed by atoms with Crippen LogP contribution >= 0.6 is 11.3 Å². The molecule has 4 heterocycles. The predicted octanol–water partition coefficient (Wildman–Crippen LogP) is 4.02. The Hall–Kier alpha value is -3.52. The zero-order valence-electron chi connectivity index (χ0n) is 17.9. The largest absolute Gasteiger partial charge is 0.347 e. The molecule has 3 aromatic heterocycles. The fourth-order valence-electron chi connectivity index (χ4n) is 4.13. The van der Waals surface area contributed by atoms with Gasteiger partial charge in [-0.15, -0.1) is 11.3 Å². The summed E-state index contributed by atoms with van der Waals surface area (Å²) in [5.41, 5.74) is 2.65. The number of benzene rings is 1. The average Bonchev–Trinajstić information content (AvgIpc) is 3.58. The first-order valence-electron chi connectivity index (χ1n) is 10.9. The molecule has 5 rings (SSSR count). The number of hydrogen-bond acceptors (Lipinski definition) is 4. The number of imidazole rings is 1. The zero-order valence-corrected chi connectivity index (χ0v) is 18.7. The van der Waals surface area contributed by atoms with Crippen LogP contribution in [0.1, 0.15) is 38.0 Å². The van der Waals surface area contributed by atoms with E-state index in [1.165, 1.54) is 23.5 Å². The number of likely N-dealkylation sites (tertiary alicyclic amines) is 1. The van der Waals surface area contributed by atoms with Gasteiger partial charge in [-0.3, -0.25) is 9.59 Å². The maximum Gasteiger partial charge on any atom is 0.261 e. The summed E-state index contributed by atoms with van der Waals surface area (Å²) in [6, 6.07) is 13.8. The maximum atomic E-state index is 13.1. The van der Waals surface area contributed by atoms with Crippen molar-refractivity contribution in [1.82, 2.24) is 19.6 Å². The number of carbonyl (C=O) groups is 2. The molecule has 0 saturated carbocycles. The van der Waals surface area contributed by atoms with Gasteiger partial charge < -0.3 is 14.6 Å². The highest BCUT2D eigenvalue weighted by molar-refractivity contribution is 7.14. The number of fused-ring (bicyclic) bond motifs is 1. The fraction of sp³-hybridized carbons (Fsp3) is 0.240. The van der Waals surface area contributed by atoms with Gasteiger partial charge in [0.2, 0.25) is 5.91 Å². The zero-order chi connectivity index (χ0) is 22.8. The summed E-state index contributed by atoms with van der Waals surface area (Å²) in [5.74, 6) is -0.120. The van der Waals surface area contributed by atoms with E-state index in [2.05, 4.69) is 10.3 Å². The molecule has 33 heavy (non-hydrogen) atoms. The molecule has 0 aliphatic carbocycles. The first-order chi connectivity index (χ1) is 16.0. The molecule has 4 aromatic rings. The summed E-state index contributed by atoms with van der Waals surface area (Å²) in [4.78, 5) is 33.2. The third kappa shape index (κ3) is 4.80. The molecule has 8 heteroatoms. The Morgan fingerprint density at radius 1 is 1.09 bits per heavy atom. The lowest BCUT2D eigenvalue weighted by Gasteiger charge is -2.16. The lowest BCUT2D eigenvalue weighted by Crippen LogP contribution is -2.29. The van der Waals surface area contributed by atoms with Gasteiger partial charge in [0.1, 0.15) is 11.5 Å². The first-order valence-corrected chi connectivity index (χ1v) is 11.7. The minimum absolute atomic E-state index is 0.0491. The second kappa shape index (κ2) is 9.15. The SMILES string of the molecule is O=C(NCc1ccn2ccnc2c1)c1ccc(C2CCN(C(=O)Cc3ccc(F)cc3)C2)s1. The molecule has 0 bridgehead atoms. The van der Waals surface area contributed by atoms with Crippen molar-refractivity contribution < 1.29 is 14.0 Å². The summed E-state index contributed by atoms with van der Waals surface area (Å²) in [6.07, 6.45) is 6.70. The number of rotatable bonds is 6. The molecule has 1 atom stereocenters. The van der Waals surface area contributed by atoms with E-state index in [1.54, 1.807) is 18.3 Å². The minimum Gasteiger partial charge on any atom is -0.347 e. The third-order valence-corrected chi connectivity index (χ3v) is 7.22. The molecule has 2 amide bonds. The Labute approximate surface area is 194 Å². The normalized spacial score (nSPS) is 15.8. The standard InChI is InChI=1S/C25H23FN4O2S/c26-20-3-1-17(2-4-20)14-24(31)30-11-8-19(16-30)21-5-6-22(33-21)25(32)28-15-18-7-10-29-12-9-27-23(29)13-18/h1-7,9-10,12-13,19H,8,11,14-16H2,(H,28,32). The number of hydrogen-bond donors (Lipinski definition) is 1. The number of carbonyl (C=O) groups excluding carboxylic acids is 2. The molecule has 1 N–H and O–H groups in total. The van der Waals surface area contributed by atoms with Gasteiger partial charge in [0.15, 0.2) is 0 Å². The van der Waals surface area contributed by atoms with Crippen LogP contribution in [0.15, 0.2) is 67.1 Å². The molecule has 1 aromatic carbocycles. The highest BCUT2D eigenvalue weighted by atomic mass is 32.1. The molecule has 0 spiro atoms. The van der Waals surface area contributed by atoms with Crippen LogP contribution in [0.2, 0.25) is 0 Å². The Kier molecular flexibility index (Phi) is 5.92. The van der Waals surface area contributed by atoms with Gasteiger partial charge in [0.05, 0.1) is 11.3 Å². The van der Waals surface area contributed by atoms with Crippen molar-refractivity contribution in [2.75, 3.05) is 13.1 Å². The van der Waals surface area contributed by atoms with E-state index < -0.39 is 0 Å². The van der Waals surface area contributed by atoms with Crippen molar-refractivity contribution in [3.63, 3.8) is 0 Å². The highest BCUT2D eigenvalue weighted by Gasteiger charge is 2.28. The average molecular weight is 463 g/mol. The molecular weight excluding hydrogens is 439 g/mol. The molecule has 0 radical (unpaired) electrons. The Morgan fingerprint density at radius 2 is 1.94 bits per heavy atom. The summed E-state index contributed by atoms with van der Waals surface area (Å²) in [6.45, 7) is 1.77. The second-order valence-corrected chi connectivity index (χ2v) is 9.36. The smallest absolute Gasteiger partial charge is 0.261 e. The van der Waals surface area contributed by atoms with Crippen molar-refractivity contribution in [1.29, 1.82) is 0 Å². The topological polar surface area (TPSA) is 66.7 Å². The van der Waals surface area contributed by atoms with Crippen molar-refractivity contribution in [3.8, 4) is 0 Å². The van der Waals surface area contributed by atoms with Crippen LogP contribution in [0.4, 0.5) is 4.39 Å². The van der Waals surface area contributed by atoms with E-state index in [0.29, 0.717) is 24.5 Å². The van der Waals surface area contributed by atoms with Crippen LogP contribution in [0.25, 0.3) is 5.65 Å². The second-order valence-electron chi connectivity index (χ2n) is 8.24. The van der Waals surface area contributed by atoms with Crippen LogP contribution in [0.3, 0.4) is 0 Å². The molecule has 1 fully saturated rings. The molecule has 1 aliphatic heterocycles. The summed E-state index contributed by atoms with van der Waals surface area (Å²) >= 11 is 1.49. The Morgan fingerprint density at radius 3 is 2.79 bits per heavy atom. The van der Waals surface area contributed by atoms with Gasteiger partial charge in [-0.1, -0.05) is 12.1 Å². The number of nitrogens with one attached hydrogen (secondary N) is 1. The fourth-order valence-corrected chi connectivity index (χ4v) is 5.18. The van der Waals surface area contributed by atoms with Crippen LogP contribution in [-0.2, 0) is 17.8 Å². The number of pyridine rings is 1. The summed E-state index contributed by atoms with van der Waals surface area (Å²) in [7, 11) is 0. The number of halogens is 1. The molecule has 6 nitrogen and oxygen atoms in total. The van der Waals surface area contributed by atoms with Crippen LogP contribution in [0, 0.1) is 5.82 Å². The van der Waals surface area contributed by atoms with Crippen LogP contribution in [0.5, 0.6) is 0 Å². The summed E-state index contributed by atoms with van der Waals surface area (Å²) < 4.78 is 15.0. The van der Waals surface area contributed by atoms with Crippen molar-refractivity contribution in [2.24, 2.45) is 0 Å². The van der Waals surface area contributed by atoms with Gasteiger partial charge in [-0.05, 0) is 53.9 Å². The first kappa shape index (κ1) is 21.3. The lowest BCUT2D eigenvalue weighted by molar-refractivity contribution is -0.129. The van der Waals surface area contributed by atoms with Gasteiger partial charge in [-0.2, -0.15) is 0 Å². The van der Waals surface area contributed by atoms with Gasteiger partial charge in [0.25, 0.3) is 5.91 Å². The Balaban J connectivity index is 1.15. The van der Waals surface area contributed by atoms with Gasteiger partial charge in [0, 0.05) is 49.0 Å². The van der Waals surface area contributed by atoms with Crippen LogP contribution < -0.4 is 5.32 Å². The van der Waals surface area contributed by atoms with E-state index in [4.69, 9.17) is 0 Å². The van der Waals surface area contributed by atoms with Gasteiger partial charge in [-0.25, -0.2) is 9.37 Å². The number of aromatic nitrogens is 2. The van der Waals surface area contributed by atoms with Crippen molar-refractivity contribution in [2.45, 2.75) is 25.3 Å². The van der Waals surface area contributed by atoms with Gasteiger partial charge >= 0.3 is 0 Å². The predicted molar refractivity (Wildman–Crippen MR) is 125 cm³/mol. The molecular formula is C25H23FN4O2S. The quantitative estimate of drug-likeness (QED) is 0.471. The van der Waals surface area contributed by atoms with E-state index in [1.807, 2.05) is 46.0 Å². The third-order valence-electron chi connectivity index (χ3n) is 5.98. The van der Waals surface area contributed by atoms with E-state index in [9.17, 15) is 14.0 Å². The van der Waals surface area contributed by atoms with E-state index in [-0.39, 0.29) is 30.0 Å². The Bertz CT molecular complexity index is 1300. The number of nitrogens with zero attached hydrogens (tertiary/aromatic N) is 3. The van der Waals surface area contributed by atoms with Crippen molar-refractivity contribution >= 4 is 28.8 Å². The monoisotopic (exact) mass is 462 g/mol. The maximum absolute atomic E-state index is 13.1. The summed E-state index contributed by atoms with van der Waals surface area (Å²) in [5, 5.41) is 2.98. The minimum atomic E-state index is -0.302. The number of thiophene rings is 1.